The Labute approximate surface area is 653 Å². The smallest absolute Gasteiger partial charge is 0.326 e. The number of aromatic nitrogens is 2. The number of aromatic amines is 1. The Hall–Kier alpha value is -11.8. The average molecular weight is 1580 g/mol. The second kappa shape index (κ2) is 48.7. The minimum atomic E-state index is -1.90. The van der Waals surface area contributed by atoms with Gasteiger partial charge in [-0.2, -0.15) is 0 Å². The fourth-order valence-corrected chi connectivity index (χ4v) is 11.5. The molecule has 0 bridgehead atoms. The molecular weight excluding hydrogens is 1470 g/mol. The molecule has 0 fully saturated rings. The van der Waals surface area contributed by atoms with Gasteiger partial charge < -0.3 is 123 Å². The number of H-pyrrole nitrogens is 1. The molecule has 113 heavy (non-hydrogen) atoms. The summed E-state index contributed by atoms with van der Waals surface area (Å²) in [5.41, 5.74) is 24.4. The molecule has 4 rings (SSSR count). The Bertz CT molecular complexity index is 3780. The minimum Gasteiger partial charge on any atom is -0.508 e. The molecule has 0 aliphatic heterocycles. The maximum atomic E-state index is 14.9. The first-order valence-corrected chi connectivity index (χ1v) is 37.2. The summed E-state index contributed by atoms with van der Waals surface area (Å²) in [5.74, 6) is -15.8. The van der Waals surface area contributed by atoms with Crippen LogP contribution in [-0.4, -0.2) is 229 Å². The third kappa shape index (κ3) is 34.1. The van der Waals surface area contributed by atoms with Crippen LogP contribution in [0.5, 0.6) is 5.75 Å². The van der Waals surface area contributed by atoms with Crippen LogP contribution in [0.1, 0.15) is 121 Å². The van der Waals surface area contributed by atoms with Crippen LogP contribution in [0.3, 0.4) is 0 Å². The lowest BCUT2D eigenvalue weighted by Gasteiger charge is -2.30. The van der Waals surface area contributed by atoms with Crippen molar-refractivity contribution < 1.29 is 87.9 Å². The van der Waals surface area contributed by atoms with Crippen LogP contribution < -0.4 is 92.1 Å². The monoisotopic (exact) mass is 1580 g/mol. The lowest BCUT2D eigenvalue weighted by Crippen LogP contribution is -2.62. The zero-order chi connectivity index (χ0) is 83.9. The highest BCUT2D eigenvalue weighted by atomic mass is 16.4. The van der Waals surface area contributed by atoms with Crippen molar-refractivity contribution in [2.45, 2.75) is 203 Å². The molecule has 39 nitrogen and oxygen atoms in total. The van der Waals surface area contributed by atoms with Gasteiger partial charge in [0.05, 0.1) is 25.5 Å². The molecule has 0 radical (unpaired) electrons. The summed E-state index contributed by atoms with van der Waals surface area (Å²) in [6, 6.07) is 3.19. The number of carboxylic acids is 2. The number of hydrogen-bond acceptors (Lipinski definition) is 21. The number of nitrogens with zero attached hydrogens (tertiary/aromatic N) is 1. The first-order chi connectivity index (χ1) is 53.6. The van der Waals surface area contributed by atoms with Gasteiger partial charge in [-0.05, 0) is 105 Å². The fourth-order valence-electron chi connectivity index (χ4n) is 11.5. The Morgan fingerprint density at radius 2 is 0.867 bits per heavy atom. The van der Waals surface area contributed by atoms with E-state index in [1.807, 2.05) is 0 Å². The van der Waals surface area contributed by atoms with Gasteiger partial charge in [0, 0.05) is 50.7 Å². The van der Waals surface area contributed by atoms with Crippen LogP contribution in [0.2, 0.25) is 0 Å². The van der Waals surface area contributed by atoms with Crippen LogP contribution in [-0.2, 0) is 88.0 Å². The molecular formula is C74H111N21O18. The van der Waals surface area contributed by atoms with Crippen molar-refractivity contribution in [3.63, 3.8) is 0 Å². The molecule has 1 aromatic heterocycles. The summed E-state index contributed by atoms with van der Waals surface area (Å²) in [5, 5.41) is 99.5. The molecule has 0 aliphatic rings. The Morgan fingerprint density at radius 1 is 0.478 bits per heavy atom. The standard InChI is InChI=1S/C74H111N21O18/c1-6-41(4)60(71(111)93-56(72(112)113)34-44-19-11-8-12-20-44)95-68(108)51(31-40(2)3)88-63(103)50(23-16-30-83-74(79)80)86-62(102)49(22-15-29-82-73(77)78)85-61(101)48(21-13-14-28-75)87-69(109)57(38-96)94-66(106)54(35-46-37-81-39-84-46)91-65(105)53(33-45-24-26-47(98)27-25-45)89-64(104)52(32-43-17-9-7-10-18-43)90-67(107)55(36-58(99)100)92-70(110)59(76)42(5)97/h7-12,17-20,24-27,37,39-42,48-57,59-60,96-98H,6,13-16,21-23,28-36,38,75-76H2,1-5H3,(H,81,84)(H,85,101)(H,86,102)(H,87,109)(H,88,103)(H,89,104)(H,90,107)(H,91,105)(H,92,110)(H,93,111)(H,94,106)(H,95,108)(H,99,100)(H,112,113)(H4,77,78,82)(H4,79,80,83)/t41-,42+,48-,49-,50-,51-,52-,53-,54-,55-,56-,57-,59-,60-/m0/s1. The van der Waals surface area contributed by atoms with E-state index in [1.54, 1.807) is 88.4 Å². The van der Waals surface area contributed by atoms with E-state index in [2.05, 4.69) is 79.1 Å². The molecule has 39 heteroatoms. The van der Waals surface area contributed by atoms with Crippen LogP contribution in [0.15, 0.2) is 97.5 Å². The number of phenolic OH excluding ortho intramolecular Hbond substituents is 1. The van der Waals surface area contributed by atoms with Gasteiger partial charge in [0.25, 0.3) is 0 Å². The number of nitrogens with two attached hydrogens (primary N) is 4. The van der Waals surface area contributed by atoms with E-state index in [0.717, 1.165) is 0 Å². The molecule has 0 unspecified atom stereocenters. The average Bonchev–Trinajstić information content (AvgIpc) is 1.31. The summed E-state index contributed by atoms with van der Waals surface area (Å²) in [7, 11) is 0. The van der Waals surface area contributed by atoms with Crippen molar-refractivity contribution in [3.8, 4) is 5.75 Å². The van der Waals surface area contributed by atoms with Gasteiger partial charge in [-0.1, -0.05) is 107 Å². The summed E-state index contributed by atoms with van der Waals surface area (Å²) in [6.45, 7) is 7.17. The number of carbonyl (C=O) groups is 13. The van der Waals surface area contributed by atoms with Crippen LogP contribution in [0.25, 0.3) is 0 Å². The maximum Gasteiger partial charge on any atom is 0.326 e. The van der Waals surface area contributed by atoms with Gasteiger partial charge in [0.15, 0.2) is 11.9 Å². The van der Waals surface area contributed by atoms with Gasteiger partial charge in [0.1, 0.15) is 78.3 Å². The number of aliphatic carboxylic acids is 2. The third-order valence-corrected chi connectivity index (χ3v) is 18.0. The molecule has 29 N–H and O–H groups in total. The molecule has 1 heterocycles. The second-order valence-corrected chi connectivity index (χ2v) is 27.8. The molecule has 0 aliphatic carbocycles. The Morgan fingerprint density at radius 3 is 1.28 bits per heavy atom. The number of aliphatic hydroxyl groups is 2. The van der Waals surface area contributed by atoms with E-state index < -0.39 is 193 Å². The number of hydrogen-bond donors (Lipinski definition) is 25. The number of benzene rings is 3. The number of aliphatic hydroxyl groups excluding tert-OH is 2. The van der Waals surface area contributed by atoms with E-state index in [9.17, 15) is 87.9 Å². The SMILES string of the molecule is CC[C@H](C)[C@H](NC(=O)[C@H](CC(C)C)NC(=O)[C@H](CCCNC(=N)N)NC(=O)[C@H](CCCNC(=N)N)NC(=O)[C@H](CCCCN)NC(=O)[C@H](CO)NC(=O)[C@H](Cc1cnc[nH]1)NC(=O)[C@H](Cc1ccc(O)cc1)NC(=O)[C@H](Cc1ccccc1)NC(=O)[C@H](CC(=O)O)NC(=O)[C@@H](N)[C@@H](C)O)C(=O)N[C@@H](Cc1ccccc1)C(=O)O. The van der Waals surface area contributed by atoms with Gasteiger partial charge in [-0.15, -0.1) is 0 Å². The molecule has 4 aromatic rings. The van der Waals surface area contributed by atoms with Crippen molar-refractivity contribution in [2.24, 2.45) is 34.8 Å². The van der Waals surface area contributed by atoms with Crippen LogP contribution in [0.4, 0.5) is 0 Å². The molecule has 11 amide bonds. The first-order valence-electron chi connectivity index (χ1n) is 37.2. The minimum absolute atomic E-state index is 0.00217. The van der Waals surface area contributed by atoms with Crippen molar-refractivity contribution in [1.29, 1.82) is 10.8 Å². The summed E-state index contributed by atoms with van der Waals surface area (Å²) in [4.78, 5) is 189. The predicted octanol–water partition coefficient (Wildman–Crippen LogP) is -4.27. The van der Waals surface area contributed by atoms with Crippen molar-refractivity contribution in [3.05, 3.63) is 120 Å². The molecule has 0 saturated heterocycles. The quantitative estimate of drug-likeness (QED) is 0.0113. The molecule has 3 aromatic carbocycles. The van der Waals surface area contributed by atoms with E-state index >= 15 is 0 Å². The van der Waals surface area contributed by atoms with E-state index in [4.69, 9.17) is 33.8 Å². The highest BCUT2D eigenvalue weighted by Crippen LogP contribution is 2.17. The zero-order valence-electron chi connectivity index (χ0n) is 63.9. The number of nitrogens with one attached hydrogen (secondary N) is 16. The van der Waals surface area contributed by atoms with Crippen LogP contribution >= 0.6 is 0 Å². The van der Waals surface area contributed by atoms with Gasteiger partial charge in [-0.25, -0.2) is 9.78 Å². The van der Waals surface area contributed by atoms with Crippen LogP contribution in [0, 0.1) is 22.7 Å². The summed E-state index contributed by atoms with van der Waals surface area (Å²) >= 11 is 0. The number of unbranched alkanes of at least 4 members (excludes halogenated alkanes) is 1. The number of carboxylic acid groups (broad SMARTS) is 2. The number of amides is 11. The van der Waals surface area contributed by atoms with Crippen molar-refractivity contribution in [1.82, 2.24) is 79.1 Å². The number of aromatic hydroxyl groups is 1. The van der Waals surface area contributed by atoms with Gasteiger partial charge in [0.2, 0.25) is 65.0 Å². The Kier molecular flexibility index (Phi) is 40.3. The fraction of sp³-hybridized carbons (Fsp3) is 0.514. The lowest BCUT2D eigenvalue weighted by molar-refractivity contribution is -0.142. The molecule has 0 saturated carbocycles. The number of carbonyl (C=O) groups excluding carboxylic acids is 11. The first kappa shape index (κ1) is 93.5. The summed E-state index contributed by atoms with van der Waals surface area (Å²) in [6.07, 6.45) is -0.579. The lowest BCUT2D eigenvalue weighted by atomic mass is 9.96. The molecule has 14 atom stereocenters. The van der Waals surface area contributed by atoms with E-state index in [-0.39, 0.29) is 101 Å². The highest BCUT2D eigenvalue weighted by molar-refractivity contribution is 6.00. The zero-order valence-corrected chi connectivity index (χ0v) is 63.9. The van der Waals surface area contributed by atoms with Gasteiger partial charge in [-0.3, -0.25) is 68.4 Å². The summed E-state index contributed by atoms with van der Waals surface area (Å²) < 4.78 is 0. The van der Waals surface area contributed by atoms with E-state index in [1.165, 1.54) is 43.7 Å². The highest BCUT2D eigenvalue weighted by Gasteiger charge is 2.39. The van der Waals surface area contributed by atoms with Crippen molar-refractivity contribution in [2.75, 3.05) is 26.2 Å². The number of rotatable bonds is 51. The third-order valence-electron chi connectivity index (χ3n) is 18.0. The Balaban J connectivity index is 1.67. The normalized spacial score (nSPS) is 14.8. The van der Waals surface area contributed by atoms with E-state index in [0.29, 0.717) is 29.5 Å². The largest absolute Gasteiger partial charge is 0.508 e. The van der Waals surface area contributed by atoms with Crippen molar-refractivity contribution >= 4 is 88.8 Å². The number of guanidine groups is 2. The van der Waals surface area contributed by atoms with Gasteiger partial charge >= 0.3 is 11.9 Å². The maximum absolute atomic E-state index is 14.9. The molecule has 0 spiro atoms. The second-order valence-electron chi connectivity index (χ2n) is 27.8. The number of phenols is 1. The topological polar surface area (TPSA) is 660 Å². The predicted molar refractivity (Wildman–Crippen MR) is 412 cm³/mol. The number of imidazole rings is 1. The molecule has 620 valence electrons.